The molecule has 0 saturated heterocycles. The largest absolute Gasteiger partial charge is 0.326 e. The van der Waals surface area contributed by atoms with E-state index < -0.39 is 0 Å². The number of aryl methyl sites for hydroxylation is 1. The normalized spacial score (nSPS) is 10.2. The van der Waals surface area contributed by atoms with Crippen molar-refractivity contribution in [2.45, 2.75) is 18.7 Å². The molecule has 98 valence electrons. The minimum Gasteiger partial charge on any atom is -0.326 e. The molecule has 0 unspecified atom stereocenters. The molecule has 0 spiro atoms. The molecule has 0 bridgehead atoms. The van der Waals surface area contributed by atoms with Crippen LogP contribution in [-0.2, 0) is 16.5 Å². The van der Waals surface area contributed by atoms with Crippen LogP contribution in [0.4, 0.5) is 5.69 Å². The number of alkyl halides is 1. The number of anilines is 1. The fraction of sp³-hybridized carbons (Fsp3) is 0.188. The van der Waals surface area contributed by atoms with Crippen molar-refractivity contribution in [1.82, 2.24) is 0 Å². The Morgan fingerprint density at radius 3 is 2.47 bits per heavy atom. The number of hydrogen-bond donors (Lipinski definition) is 1. The van der Waals surface area contributed by atoms with Crippen molar-refractivity contribution in [3.8, 4) is 0 Å². The molecule has 0 aliphatic heterocycles. The summed E-state index contributed by atoms with van der Waals surface area (Å²) in [5, 5.41) is 3.69. The van der Waals surface area contributed by atoms with Gasteiger partial charge >= 0.3 is 0 Å². The number of halogens is 1. The highest BCUT2D eigenvalue weighted by atomic mass is 79.9. The Bertz CT molecular complexity index is 563. The molecule has 2 aromatic carbocycles. The van der Waals surface area contributed by atoms with Gasteiger partial charge in [-0.2, -0.15) is 0 Å². The summed E-state index contributed by atoms with van der Waals surface area (Å²) >= 11 is 3.42. The van der Waals surface area contributed by atoms with Crippen LogP contribution in [0.1, 0.15) is 16.7 Å². The van der Waals surface area contributed by atoms with E-state index in [-0.39, 0.29) is 5.91 Å². The Morgan fingerprint density at radius 2 is 1.79 bits per heavy atom. The molecular weight excluding hydrogens is 302 g/mol. The molecule has 2 aromatic rings. The highest BCUT2D eigenvalue weighted by Gasteiger charge is 2.06. The van der Waals surface area contributed by atoms with Crippen LogP contribution in [0.2, 0.25) is 0 Å². The summed E-state index contributed by atoms with van der Waals surface area (Å²) in [5.41, 5.74) is 4.18. The summed E-state index contributed by atoms with van der Waals surface area (Å²) in [7, 11) is 0. The van der Waals surface area contributed by atoms with Crippen molar-refractivity contribution in [3.63, 3.8) is 0 Å². The number of benzene rings is 2. The lowest BCUT2D eigenvalue weighted by Crippen LogP contribution is -2.15. The maximum Gasteiger partial charge on any atom is 0.228 e. The van der Waals surface area contributed by atoms with Crippen molar-refractivity contribution in [2.75, 3.05) is 5.32 Å². The van der Waals surface area contributed by atoms with Gasteiger partial charge in [0.15, 0.2) is 0 Å². The number of para-hydroxylation sites is 1. The van der Waals surface area contributed by atoms with Gasteiger partial charge in [0.2, 0.25) is 5.91 Å². The quantitative estimate of drug-likeness (QED) is 0.846. The Morgan fingerprint density at radius 1 is 1.11 bits per heavy atom. The highest BCUT2D eigenvalue weighted by molar-refractivity contribution is 9.08. The first kappa shape index (κ1) is 13.8. The summed E-state index contributed by atoms with van der Waals surface area (Å²) in [6.45, 7) is 2.04. The second-order valence-corrected chi connectivity index (χ2v) is 5.06. The minimum atomic E-state index is 0.0113. The highest BCUT2D eigenvalue weighted by Crippen LogP contribution is 2.18. The Balaban J connectivity index is 2.03. The average Bonchev–Trinajstić information content (AvgIpc) is 2.42. The van der Waals surface area contributed by atoms with Crippen LogP contribution in [-0.4, -0.2) is 5.91 Å². The first-order valence-corrected chi connectivity index (χ1v) is 7.30. The molecule has 1 N–H and O–H groups in total. The molecule has 0 radical (unpaired) electrons. The topological polar surface area (TPSA) is 29.1 Å². The first-order valence-electron chi connectivity index (χ1n) is 6.18. The summed E-state index contributed by atoms with van der Waals surface area (Å²) < 4.78 is 0. The molecule has 0 aliphatic carbocycles. The number of hydrogen-bond acceptors (Lipinski definition) is 1. The van der Waals surface area contributed by atoms with Crippen molar-refractivity contribution >= 4 is 27.5 Å². The van der Waals surface area contributed by atoms with Crippen LogP contribution in [0.5, 0.6) is 0 Å². The Hall–Kier alpha value is -1.61. The minimum absolute atomic E-state index is 0.0113. The second kappa shape index (κ2) is 6.53. The molecule has 2 rings (SSSR count). The molecule has 0 aliphatic rings. The van der Waals surface area contributed by atoms with Gasteiger partial charge in [0.05, 0.1) is 6.42 Å². The van der Waals surface area contributed by atoms with Gasteiger partial charge in [0.1, 0.15) is 0 Å². The Kier molecular flexibility index (Phi) is 4.74. The third-order valence-corrected chi connectivity index (χ3v) is 3.52. The van der Waals surface area contributed by atoms with E-state index in [0.717, 1.165) is 22.1 Å². The van der Waals surface area contributed by atoms with Crippen LogP contribution in [0, 0.1) is 6.92 Å². The van der Waals surface area contributed by atoms with Crippen LogP contribution in [0.3, 0.4) is 0 Å². The van der Waals surface area contributed by atoms with E-state index in [9.17, 15) is 4.79 Å². The van der Waals surface area contributed by atoms with E-state index >= 15 is 0 Å². The molecule has 0 fully saturated rings. The number of amides is 1. The number of carbonyl (C=O) groups is 1. The van der Waals surface area contributed by atoms with Crippen LogP contribution in [0.15, 0.2) is 48.5 Å². The molecule has 0 saturated carbocycles. The third kappa shape index (κ3) is 3.93. The van der Waals surface area contributed by atoms with E-state index in [2.05, 4.69) is 21.2 Å². The predicted octanol–water partition coefficient (Wildman–Crippen LogP) is 4.07. The van der Waals surface area contributed by atoms with Crippen molar-refractivity contribution < 1.29 is 4.79 Å². The van der Waals surface area contributed by atoms with Gasteiger partial charge < -0.3 is 5.32 Å². The first-order chi connectivity index (χ1) is 9.19. The number of rotatable bonds is 4. The van der Waals surface area contributed by atoms with Gasteiger partial charge in [-0.05, 0) is 24.1 Å². The predicted molar refractivity (Wildman–Crippen MR) is 82.6 cm³/mol. The second-order valence-electron chi connectivity index (χ2n) is 4.50. The monoisotopic (exact) mass is 317 g/mol. The standard InChI is InChI=1S/C16H16BrNO/c1-12-6-8-13(9-7-12)10-16(19)18-15-5-3-2-4-14(15)11-17/h2-9H,10-11H2,1H3,(H,18,19). The van der Waals surface area contributed by atoms with Gasteiger partial charge in [-0.25, -0.2) is 0 Å². The fourth-order valence-electron chi connectivity index (χ4n) is 1.84. The smallest absolute Gasteiger partial charge is 0.228 e. The van der Waals surface area contributed by atoms with E-state index in [0.29, 0.717) is 6.42 Å². The van der Waals surface area contributed by atoms with E-state index in [4.69, 9.17) is 0 Å². The van der Waals surface area contributed by atoms with Gasteiger partial charge in [-0.15, -0.1) is 0 Å². The van der Waals surface area contributed by atoms with Crippen molar-refractivity contribution in [3.05, 3.63) is 65.2 Å². The molecular formula is C16H16BrNO. The lowest BCUT2D eigenvalue weighted by molar-refractivity contribution is -0.115. The summed E-state index contributed by atoms with van der Waals surface area (Å²) in [4.78, 5) is 12.0. The van der Waals surface area contributed by atoms with Gasteiger partial charge in [-0.1, -0.05) is 64.0 Å². The van der Waals surface area contributed by atoms with Crippen molar-refractivity contribution in [2.24, 2.45) is 0 Å². The lowest BCUT2D eigenvalue weighted by Gasteiger charge is -2.09. The number of nitrogens with one attached hydrogen (secondary N) is 1. The Labute approximate surface area is 122 Å². The van der Waals surface area contributed by atoms with Crippen LogP contribution in [0.25, 0.3) is 0 Å². The summed E-state index contributed by atoms with van der Waals surface area (Å²) in [5.74, 6) is 0.0113. The summed E-state index contributed by atoms with van der Waals surface area (Å²) in [6, 6.07) is 15.8. The SMILES string of the molecule is Cc1ccc(CC(=O)Nc2ccccc2CBr)cc1. The maximum atomic E-state index is 12.0. The molecule has 0 heterocycles. The summed E-state index contributed by atoms with van der Waals surface area (Å²) in [6.07, 6.45) is 0.400. The van der Waals surface area contributed by atoms with Crippen LogP contribution < -0.4 is 5.32 Å². The van der Waals surface area contributed by atoms with Gasteiger partial charge in [-0.3, -0.25) is 4.79 Å². The molecule has 19 heavy (non-hydrogen) atoms. The zero-order valence-corrected chi connectivity index (χ0v) is 12.4. The molecule has 1 amide bonds. The molecule has 3 heteroatoms. The third-order valence-electron chi connectivity index (χ3n) is 2.92. The average molecular weight is 318 g/mol. The van der Waals surface area contributed by atoms with E-state index in [1.54, 1.807) is 0 Å². The van der Waals surface area contributed by atoms with Gasteiger partial charge in [0.25, 0.3) is 0 Å². The maximum absolute atomic E-state index is 12.0. The molecule has 0 atom stereocenters. The molecule has 0 aromatic heterocycles. The fourth-order valence-corrected chi connectivity index (χ4v) is 2.33. The zero-order valence-electron chi connectivity index (χ0n) is 10.8. The lowest BCUT2D eigenvalue weighted by atomic mass is 10.1. The number of carbonyl (C=O) groups excluding carboxylic acids is 1. The van der Waals surface area contributed by atoms with E-state index in [1.807, 2.05) is 55.5 Å². The van der Waals surface area contributed by atoms with Crippen LogP contribution >= 0.6 is 15.9 Å². The zero-order chi connectivity index (χ0) is 13.7. The molecule has 2 nitrogen and oxygen atoms in total. The van der Waals surface area contributed by atoms with Crippen molar-refractivity contribution in [1.29, 1.82) is 0 Å². The van der Waals surface area contributed by atoms with E-state index in [1.165, 1.54) is 5.56 Å². The van der Waals surface area contributed by atoms with Gasteiger partial charge in [0, 0.05) is 11.0 Å².